The molecule has 228 valence electrons. The van der Waals surface area contributed by atoms with Crippen LogP contribution in [0.4, 0.5) is 11.4 Å². The highest BCUT2D eigenvalue weighted by molar-refractivity contribution is 7.92. The van der Waals surface area contributed by atoms with Crippen LogP contribution in [0.3, 0.4) is 0 Å². The number of nitrogens with one attached hydrogen (secondary N) is 3. The Balaban J connectivity index is 1.25. The highest BCUT2D eigenvalue weighted by Gasteiger charge is 2.23. The molecule has 1 aromatic heterocycles. The van der Waals surface area contributed by atoms with Crippen LogP contribution < -0.4 is 24.8 Å². The summed E-state index contributed by atoms with van der Waals surface area (Å²) >= 11 is 0. The second-order valence-corrected chi connectivity index (χ2v) is 11.7. The summed E-state index contributed by atoms with van der Waals surface area (Å²) in [5.41, 5.74) is 3.15. The van der Waals surface area contributed by atoms with Crippen LogP contribution >= 0.6 is 0 Å². The van der Waals surface area contributed by atoms with Gasteiger partial charge >= 0.3 is 0 Å². The summed E-state index contributed by atoms with van der Waals surface area (Å²) in [6.07, 6.45) is 0.998. The Morgan fingerprint density at radius 1 is 0.841 bits per heavy atom. The number of aromatic nitrogens is 1. The average molecular weight is 616 g/mol. The molecule has 4 aromatic rings. The van der Waals surface area contributed by atoms with E-state index in [1.165, 1.54) is 20.3 Å². The first-order valence-corrected chi connectivity index (χ1v) is 15.5. The molecule has 1 saturated heterocycles. The summed E-state index contributed by atoms with van der Waals surface area (Å²) in [5, 5.41) is 5.95. The van der Waals surface area contributed by atoms with Crippen LogP contribution in [-0.4, -0.2) is 70.5 Å². The lowest BCUT2D eigenvalue weighted by Gasteiger charge is -2.31. The fourth-order valence-corrected chi connectivity index (χ4v) is 5.88. The zero-order valence-corrected chi connectivity index (χ0v) is 25.2. The van der Waals surface area contributed by atoms with Gasteiger partial charge in [0.05, 0.1) is 19.9 Å². The number of carbonyl (C=O) groups is 2. The molecule has 0 spiro atoms. The molecule has 0 saturated carbocycles. The second-order valence-electron chi connectivity index (χ2n) is 10.0. The smallest absolute Gasteiger partial charge is 0.270 e. The highest BCUT2D eigenvalue weighted by Crippen LogP contribution is 2.32. The molecule has 44 heavy (non-hydrogen) atoms. The van der Waals surface area contributed by atoms with Gasteiger partial charge in [-0.05, 0) is 66.1 Å². The molecule has 2 heterocycles. The fourth-order valence-electron chi connectivity index (χ4n) is 4.63. The van der Waals surface area contributed by atoms with Gasteiger partial charge in [0.2, 0.25) is 5.88 Å². The minimum Gasteiger partial charge on any atom is -0.495 e. The van der Waals surface area contributed by atoms with Crippen molar-refractivity contribution in [1.29, 1.82) is 0 Å². The molecule has 1 fully saturated rings. The first-order valence-electron chi connectivity index (χ1n) is 14.0. The third kappa shape index (κ3) is 7.09. The number of ether oxygens (including phenoxy) is 2. The number of nitrogens with zero attached hydrogens (tertiary/aromatic N) is 2. The molecule has 0 atom stereocenters. The zero-order chi connectivity index (χ0) is 31.1. The van der Waals surface area contributed by atoms with E-state index in [2.05, 4.69) is 20.3 Å². The molecule has 3 N–H and O–H groups in total. The Kier molecular flexibility index (Phi) is 9.29. The predicted octanol–water partition coefficient (Wildman–Crippen LogP) is 4.25. The minimum atomic E-state index is -4.06. The second kappa shape index (κ2) is 13.5. The number of methoxy groups -OCH3 is 2. The summed E-state index contributed by atoms with van der Waals surface area (Å²) in [6.45, 7) is 2.19. The maximum Gasteiger partial charge on any atom is 0.270 e. The van der Waals surface area contributed by atoms with E-state index in [9.17, 15) is 18.0 Å². The average Bonchev–Trinajstić information content (AvgIpc) is 3.02. The van der Waals surface area contributed by atoms with E-state index in [4.69, 9.17) is 9.47 Å². The van der Waals surface area contributed by atoms with Crippen molar-refractivity contribution < 1.29 is 27.5 Å². The first kappa shape index (κ1) is 30.4. The molecule has 1 aliphatic rings. The van der Waals surface area contributed by atoms with Crippen LogP contribution in [0.15, 0.2) is 89.8 Å². The van der Waals surface area contributed by atoms with Gasteiger partial charge in [-0.1, -0.05) is 30.3 Å². The third-order valence-corrected chi connectivity index (χ3v) is 8.46. The van der Waals surface area contributed by atoms with Crippen molar-refractivity contribution >= 4 is 33.2 Å². The first-order chi connectivity index (χ1) is 21.3. The molecule has 0 aliphatic carbocycles. The molecule has 2 amide bonds. The molecule has 3 aromatic carbocycles. The number of sulfonamides is 1. The standard InChI is InChI=1S/C32H33N5O6S/c1-42-28-14-13-23(22-7-3-8-24(19-22)32(39)37-17-6-18-37)20-29(28)44(40,41)36-26-10-4-9-25(21-26)33-15-16-34-31(38)27-11-5-12-30(35-27)43-2/h3-5,7-14,19-21,33,36H,6,15-18H2,1-2H3,(H,34,38). The van der Waals surface area contributed by atoms with E-state index in [0.29, 0.717) is 41.5 Å². The summed E-state index contributed by atoms with van der Waals surface area (Å²) in [6, 6.07) is 23.8. The van der Waals surface area contributed by atoms with E-state index in [1.54, 1.807) is 77.7 Å². The van der Waals surface area contributed by atoms with Crippen LogP contribution in [0.1, 0.15) is 27.3 Å². The van der Waals surface area contributed by atoms with Crippen LogP contribution in [0.2, 0.25) is 0 Å². The van der Waals surface area contributed by atoms with Crippen molar-refractivity contribution in [3.63, 3.8) is 0 Å². The van der Waals surface area contributed by atoms with Crippen molar-refractivity contribution in [2.24, 2.45) is 0 Å². The van der Waals surface area contributed by atoms with E-state index < -0.39 is 10.0 Å². The molecular formula is C32H33N5O6S. The highest BCUT2D eigenvalue weighted by atomic mass is 32.2. The number of benzene rings is 3. The topological polar surface area (TPSA) is 139 Å². The Labute approximate surface area is 256 Å². The summed E-state index contributed by atoms with van der Waals surface area (Å²) in [7, 11) is -1.17. The van der Waals surface area contributed by atoms with Crippen LogP contribution in [0.25, 0.3) is 11.1 Å². The Hall–Kier alpha value is -5.10. The van der Waals surface area contributed by atoms with E-state index in [1.807, 2.05) is 6.07 Å². The molecule has 0 radical (unpaired) electrons. The third-order valence-electron chi connectivity index (χ3n) is 7.06. The zero-order valence-electron chi connectivity index (χ0n) is 24.4. The van der Waals surface area contributed by atoms with Gasteiger partial charge in [-0.3, -0.25) is 14.3 Å². The molecular weight excluding hydrogens is 582 g/mol. The molecule has 12 heteroatoms. The van der Waals surface area contributed by atoms with E-state index in [0.717, 1.165) is 25.1 Å². The lowest BCUT2D eigenvalue weighted by atomic mass is 10.0. The van der Waals surface area contributed by atoms with Gasteiger partial charge in [-0.2, -0.15) is 0 Å². The maximum atomic E-state index is 13.6. The van der Waals surface area contributed by atoms with Gasteiger partial charge in [0.1, 0.15) is 16.3 Å². The number of carbonyl (C=O) groups excluding carboxylic acids is 2. The molecule has 11 nitrogen and oxygen atoms in total. The van der Waals surface area contributed by atoms with Crippen LogP contribution in [0.5, 0.6) is 11.6 Å². The maximum absolute atomic E-state index is 13.6. The SMILES string of the molecule is COc1cccc(C(=O)NCCNc2cccc(NS(=O)(=O)c3cc(-c4cccc(C(=O)N5CCC5)c4)ccc3OC)c2)n1. The Morgan fingerprint density at radius 3 is 2.34 bits per heavy atom. The van der Waals surface area contributed by atoms with Gasteiger partial charge < -0.3 is 25.0 Å². The number of hydrogen-bond acceptors (Lipinski definition) is 8. The summed E-state index contributed by atoms with van der Waals surface area (Å²) in [4.78, 5) is 31.0. The Bertz CT molecular complexity index is 1770. The largest absolute Gasteiger partial charge is 0.495 e. The van der Waals surface area contributed by atoms with Crippen molar-refractivity contribution in [1.82, 2.24) is 15.2 Å². The molecule has 0 unspecified atom stereocenters. The molecule has 1 aliphatic heterocycles. The number of hydrogen-bond donors (Lipinski definition) is 3. The van der Waals surface area contributed by atoms with Crippen molar-refractivity contribution in [3.05, 3.63) is 96.2 Å². The fraction of sp³-hybridized carbons (Fsp3) is 0.219. The van der Waals surface area contributed by atoms with Crippen molar-refractivity contribution in [2.75, 3.05) is 50.4 Å². The number of pyridine rings is 1. The monoisotopic (exact) mass is 615 g/mol. The van der Waals surface area contributed by atoms with Gasteiger partial charge in [0.25, 0.3) is 21.8 Å². The molecule has 0 bridgehead atoms. The predicted molar refractivity (Wildman–Crippen MR) is 168 cm³/mol. The Morgan fingerprint density at radius 2 is 1.59 bits per heavy atom. The van der Waals surface area contributed by atoms with Gasteiger partial charge in [-0.25, -0.2) is 13.4 Å². The quantitative estimate of drug-likeness (QED) is 0.201. The normalized spacial score (nSPS) is 12.5. The number of anilines is 2. The van der Waals surface area contributed by atoms with Gasteiger partial charge in [0.15, 0.2) is 0 Å². The summed E-state index contributed by atoms with van der Waals surface area (Å²) in [5.74, 6) is 0.163. The number of amides is 2. The number of rotatable bonds is 12. The number of likely N-dealkylation sites (tertiary alicyclic amines) is 1. The van der Waals surface area contributed by atoms with Crippen LogP contribution in [0, 0.1) is 0 Å². The van der Waals surface area contributed by atoms with Gasteiger partial charge in [0, 0.05) is 43.5 Å². The van der Waals surface area contributed by atoms with Crippen molar-refractivity contribution in [3.8, 4) is 22.8 Å². The minimum absolute atomic E-state index is 0.0362. The van der Waals surface area contributed by atoms with E-state index in [-0.39, 0.29) is 28.2 Å². The van der Waals surface area contributed by atoms with E-state index >= 15 is 0 Å². The lowest BCUT2D eigenvalue weighted by Crippen LogP contribution is -2.41. The molecule has 5 rings (SSSR count). The van der Waals surface area contributed by atoms with Crippen LogP contribution in [-0.2, 0) is 10.0 Å². The summed E-state index contributed by atoms with van der Waals surface area (Å²) < 4.78 is 40.2. The lowest BCUT2D eigenvalue weighted by molar-refractivity contribution is 0.0651. The van der Waals surface area contributed by atoms with Crippen molar-refractivity contribution in [2.45, 2.75) is 11.3 Å². The van der Waals surface area contributed by atoms with Gasteiger partial charge in [-0.15, -0.1) is 0 Å².